The molecule has 0 aromatic heterocycles. The number of thioether (sulfide) groups is 1. The summed E-state index contributed by atoms with van der Waals surface area (Å²) in [6, 6.07) is 13.0. The lowest BCUT2D eigenvalue weighted by Gasteiger charge is -2.15. The summed E-state index contributed by atoms with van der Waals surface area (Å²) in [6.07, 6.45) is 1.45. The SMILES string of the molecule is CCOc1cc(/C=C2/SC(=O)N(CC(=O)Nc3c(C)cccc3C)C2=O)ccc1Oc1ccc([N+](=O)[O-])cc1[N+](=O)[O-]. The summed E-state index contributed by atoms with van der Waals surface area (Å²) in [6.45, 7) is 5.13. The molecular weight excluding hydrogens is 568 g/mol. The van der Waals surface area contributed by atoms with Gasteiger partial charge in [-0.3, -0.25) is 39.5 Å². The van der Waals surface area contributed by atoms with Gasteiger partial charge in [0.05, 0.1) is 27.4 Å². The van der Waals surface area contributed by atoms with E-state index in [0.29, 0.717) is 23.0 Å². The lowest BCUT2D eigenvalue weighted by molar-refractivity contribution is -0.394. The number of para-hydroxylation sites is 1. The van der Waals surface area contributed by atoms with Gasteiger partial charge in [0.2, 0.25) is 11.7 Å². The standard InChI is InChI=1S/C28H24N4O9S/c1-4-40-23-12-18(8-10-22(23)41-21-11-9-19(31(36)37)14-20(21)32(38)39)13-24-27(34)30(28(35)42-24)15-25(33)29-26-16(2)6-5-7-17(26)3/h5-14H,4,15H2,1-3H3,(H,29,33)/b24-13+. The highest BCUT2D eigenvalue weighted by atomic mass is 32.2. The Morgan fingerprint density at radius 3 is 2.31 bits per heavy atom. The number of nitrogens with one attached hydrogen (secondary N) is 1. The van der Waals surface area contributed by atoms with Crippen molar-refractivity contribution in [3.63, 3.8) is 0 Å². The zero-order valence-electron chi connectivity index (χ0n) is 22.6. The fourth-order valence-corrected chi connectivity index (χ4v) is 4.89. The average molecular weight is 593 g/mol. The Labute approximate surface area is 243 Å². The number of hydrogen-bond donors (Lipinski definition) is 1. The zero-order chi connectivity index (χ0) is 30.6. The third kappa shape index (κ3) is 6.55. The van der Waals surface area contributed by atoms with Crippen LogP contribution in [0.5, 0.6) is 17.2 Å². The second-order valence-electron chi connectivity index (χ2n) is 8.99. The van der Waals surface area contributed by atoms with E-state index in [0.717, 1.165) is 34.2 Å². The Kier molecular flexibility index (Phi) is 8.86. The maximum Gasteiger partial charge on any atom is 0.318 e. The van der Waals surface area contributed by atoms with Crippen LogP contribution in [0.1, 0.15) is 23.6 Å². The van der Waals surface area contributed by atoms with Gasteiger partial charge in [-0.2, -0.15) is 0 Å². The van der Waals surface area contributed by atoms with E-state index < -0.39 is 44.8 Å². The van der Waals surface area contributed by atoms with Gasteiger partial charge in [-0.1, -0.05) is 24.3 Å². The largest absolute Gasteiger partial charge is 0.490 e. The number of amides is 3. The van der Waals surface area contributed by atoms with E-state index in [-0.39, 0.29) is 28.8 Å². The molecule has 3 aromatic rings. The number of rotatable bonds is 10. The highest BCUT2D eigenvalue weighted by molar-refractivity contribution is 8.18. The molecule has 0 saturated carbocycles. The number of anilines is 1. The number of hydrogen-bond acceptors (Lipinski definition) is 10. The smallest absolute Gasteiger partial charge is 0.318 e. The number of ether oxygens (including phenoxy) is 2. The zero-order valence-corrected chi connectivity index (χ0v) is 23.4. The van der Waals surface area contributed by atoms with Crippen LogP contribution < -0.4 is 14.8 Å². The minimum absolute atomic E-state index is 0.0852. The van der Waals surface area contributed by atoms with Gasteiger partial charge >= 0.3 is 5.69 Å². The molecule has 0 radical (unpaired) electrons. The van der Waals surface area contributed by atoms with E-state index in [9.17, 15) is 34.6 Å². The minimum atomic E-state index is -0.796. The van der Waals surface area contributed by atoms with Gasteiger partial charge < -0.3 is 14.8 Å². The molecular formula is C28H24N4O9S. The van der Waals surface area contributed by atoms with E-state index in [1.54, 1.807) is 6.92 Å². The summed E-state index contributed by atoms with van der Waals surface area (Å²) in [7, 11) is 0. The first-order chi connectivity index (χ1) is 20.0. The van der Waals surface area contributed by atoms with Crippen LogP contribution in [0.25, 0.3) is 6.08 Å². The summed E-state index contributed by atoms with van der Waals surface area (Å²) < 4.78 is 11.3. The van der Waals surface area contributed by atoms with Gasteiger partial charge in [0.1, 0.15) is 6.54 Å². The molecule has 1 aliphatic heterocycles. The first-order valence-electron chi connectivity index (χ1n) is 12.5. The van der Waals surface area contributed by atoms with Crippen LogP contribution in [-0.4, -0.2) is 45.0 Å². The van der Waals surface area contributed by atoms with Gasteiger partial charge in [-0.25, -0.2) is 0 Å². The number of nitro benzene ring substituents is 2. The summed E-state index contributed by atoms with van der Waals surface area (Å²) >= 11 is 0.683. The number of benzene rings is 3. The van der Waals surface area contributed by atoms with Gasteiger partial charge in [0.15, 0.2) is 11.5 Å². The van der Waals surface area contributed by atoms with Crippen molar-refractivity contribution in [3.8, 4) is 17.2 Å². The molecule has 1 N–H and O–H groups in total. The third-order valence-corrected chi connectivity index (χ3v) is 6.96. The topological polar surface area (TPSA) is 171 Å². The predicted octanol–water partition coefficient (Wildman–Crippen LogP) is 5.99. The molecule has 0 spiro atoms. The van der Waals surface area contributed by atoms with E-state index in [1.807, 2.05) is 32.0 Å². The van der Waals surface area contributed by atoms with Gasteiger partial charge in [0.25, 0.3) is 16.8 Å². The van der Waals surface area contributed by atoms with Crippen LogP contribution in [0, 0.1) is 34.1 Å². The van der Waals surface area contributed by atoms with Crippen molar-refractivity contribution in [3.05, 3.63) is 96.4 Å². The van der Waals surface area contributed by atoms with Gasteiger partial charge in [0, 0.05) is 11.8 Å². The monoisotopic (exact) mass is 592 g/mol. The Balaban J connectivity index is 1.54. The van der Waals surface area contributed by atoms with Crippen molar-refractivity contribution < 1.29 is 33.7 Å². The van der Waals surface area contributed by atoms with Crippen LogP contribution in [0.4, 0.5) is 21.9 Å². The third-order valence-electron chi connectivity index (χ3n) is 6.06. The number of nitrogens with zero attached hydrogens (tertiary/aromatic N) is 3. The highest BCUT2D eigenvalue weighted by Gasteiger charge is 2.36. The van der Waals surface area contributed by atoms with E-state index in [4.69, 9.17) is 9.47 Å². The number of imide groups is 1. The Morgan fingerprint density at radius 1 is 0.976 bits per heavy atom. The second kappa shape index (κ2) is 12.5. The maximum atomic E-state index is 13.0. The van der Waals surface area contributed by atoms with Crippen molar-refractivity contribution in [2.75, 3.05) is 18.5 Å². The van der Waals surface area contributed by atoms with Crippen molar-refractivity contribution in [2.24, 2.45) is 0 Å². The normalized spacial score (nSPS) is 13.8. The predicted molar refractivity (Wildman–Crippen MR) is 155 cm³/mol. The van der Waals surface area contributed by atoms with Crippen molar-refractivity contribution >= 4 is 52.0 Å². The molecule has 13 nitrogen and oxygen atoms in total. The molecule has 1 aliphatic rings. The van der Waals surface area contributed by atoms with E-state index in [1.165, 1.54) is 24.3 Å². The lowest BCUT2D eigenvalue weighted by Crippen LogP contribution is -2.36. The first kappa shape index (κ1) is 29.7. The second-order valence-corrected chi connectivity index (χ2v) is 9.98. The van der Waals surface area contributed by atoms with Crippen LogP contribution in [0.15, 0.2) is 59.5 Å². The van der Waals surface area contributed by atoms with Crippen LogP contribution in [0.3, 0.4) is 0 Å². The summed E-state index contributed by atoms with van der Waals surface area (Å²) in [5.74, 6) is -1.13. The lowest BCUT2D eigenvalue weighted by atomic mass is 10.1. The first-order valence-corrected chi connectivity index (χ1v) is 13.3. The van der Waals surface area contributed by atoms with Gasteiger partial charge in [-0.15, -0.1) is 0 Å². The minimum Gasteiger partial charge on any atom is -0.490 e. The fraction of sp³-hybridized carbons (Fsp3) is 0.179. The van der Waals surface area contributed by atoms with Gasteiger partial charge in [-0.05, 0) is 73.5 Å². The molecule has 1 saturated heterocycles. The van der Waals surface area contributed by atoms with E-state index in [2.05, 4.69) is 5.32 Å². The highest BCUT2D eigenvalue weighted by Crippen LogP contribution is 2.39. The number of non-ortho nitro benzene ring substituents is 1. The molecule has 14 heteroatoms. The summed E-state index contributed by atoms with van der Waals surface area (Å²) in [5.41, 5.74) is 1.69. The molecule has 3 aromatic carbocycles. The number of carbonyl (C=O) groups excluding carboxylic acids is 3. The van der Waals surface area contributed by atoms with E-state index >= 15 is 0 Å². The van der Waals surface area contributed by atoms with Crippen LogP contribution >= 0.6 is 11.8 Å². The average Bonchev–Trinajstić information content (AvgIpc) is 3.19. The maximum absolute atomic E-state index is 13.0. The van der Waals surface area contributed by atoms with Crippen molar-refractivity contribution in [1.29, 1.82) is 0 Å². The fourth-order valence-electron chi connectivity index (χ4n) is 4.06. The number of carbonyl (C=O) groups is 3. The summed E-state index contributed by atoms with van der Waals surface area (Å²) in [4.78, 5) is 60.2. The Hall–Kier alpha value is -5.24. The van der Waals surface area contributed by atoms with Crippen LogP contribution in [-0.2, 0) is 9.59 Å². The molecule has 0 atom stereocenters. The molecule has 4 rings (SSSR count). The molecule has 1 fully saturated rings. The molecule has 216 valence electrons. The van der Waals surface area contributed by atoms with Crippen molar-refractivity contribution in [1.82, 2.24) is 4.90 Å². The van der Waals surface area contributed by atoms with Crippen molar-refractivity contribution in [2.45, 2.75) is 20.8 Å². The molecule has 42 heavy (non-hydrogen) atoms. The Bertz CT molecular complexity index is 1630. The molecule has 0 bridgehead atoms. The molecule has 0 unspecified atom stereocenters. The number of aryl methyl sites for hydroxylation is 2. The molecule has 0 aliphatic carbocycles. The number of nitro groups is 2. The summed E-state index contributed by atoms with van der Waals surface area (Å²) in [5, 5.41) is 24.7. The Morgan fingerprint density at radius 2 is 1.67 bits per heavy atom. The quantitative estimate of drug-likeness (QED) is 0.168. The van der Waals surface area contributed by atoms with Crippen LogP contribution in [0.2, 0.25) is 0 Å². The molecule has 1 heterocycles. The molecule has 3 amide bonds.